The van der Waals surface area contributed by atoms with E-state index in [1.54, 1.807) is 0 Å². The Hall–Kier alpha value is -1.25. The second-order valence-corrected chi connectivity index (χ2v) is 3.48. The molecule has 2 rings (SSSR count). The van der Waals surface area contributed by atoms with Crippen LogP contribution < -0.4 is 0 Å². The molecule has 0 N–H and O–H groups in total. The summed E-state index contributed by atoms with van der Waals surface area (Å²) in [6.45, 7) is 5.49. The van der Waals surface area contributed by atoms with Crippen molar-refractivity contribution in [3.05, 3.63) is 24.7 Å². The van der Waals surface area contributed by atoms with Crippen molar-refractivity contribution in [1.29, 1.82) is 0 Å². The van der Waals surface area contributed by atoms with Crippen molar-refractivity contribution in [1.82, 2.24) is 14.2 Å². The molecule has 0 spiro atoms. The van der Waals surface area contributed by atoms with Crippen LogP contribution in [0.25, 0.3) is 5.65 Å². The molecule has 0 aliphatic rings. The van der Waals surface area contributed by atoms with E-state index in [-0.39, 0.29) is 0 Å². The van der Waals surface area contributed by atoms with Gasteiger partial charge in [-0.1, -0.05) is 13.8 Å². The van der Waals surface area contributed by atoms with Gasteiger partial charge >= 0.3 is 0 Å². The predicted molar refractivity (Wildman–Crippen MR) is 48.0 cm³/mol. The van der Waals surface area contributed by atoms with Crippen LogP contribution in [0.1, 0.15) is 13.8 Å². The van der Waals surface area contributed by atoms with Crippen LogP contribution in [0.15, 0.2) is 24.7 Å². The lowest BCUT2D eigenvalue weighted by atomic mass is 10.2. The van der Waals surface area contributed by atoms with E-state index >= 15 is 0 Å². The first kappa shape index (κ1) is 7.40. The summed E-state index contributed by atoms with van der Waals surface area (Å²) in [6, 6.07) is 2.03. The Bertz CT molecular complexity index is 370. The summed E-state index contributed by atoms with van der Waals surface area (Å²) >= 11 is 0. The fraction of sp³-hybridized carbons (Fsp3) is 0.444. The van der Waals surface area contributed by atoms with Gasteiger partial charge in [-0.25, -0.2) is 4.52 Å². The van der Waals surface area contributed by atoms with E-state index in [9.17, 15) is 0 Å². The lowest BCUT2D eigenvalue weighted by Crippen LogP contribution is -2.02. The summed E-state index contributed by atoms with van der Waals surface area (Å²) in [5.74, 6) is 0.677. The Balaban J connectivity index is 2.40. The maximum atomic E-state index is 4.14. The molecule has 0 unspecified atom stereocenters. The molecule has 0 fully saturated rings. The van der Waals surface area contributed by atoms with Crippen LogP contribution in [-0.2, 0) is 6.54 Å². The van der Waals surface area contributed by atoms with Gasteiger partial charge in [0.2, 0.25) is 0 Å². The summed E-state index contributed by atoms with van der Waals surface area (Å²) in [4.78, 5) is 0. The van der Waals surface area contributed by atoms with Crippen molar-refractivity contribution in [2.24, 2.45) is 5.92 Å². The lowest BCUT2D eigenvalue weighted by Gasteiger charge is -2.05. The van der Waals surface area contributed by atoms with Crippen molar-refractivity contribution >= 4 is 5.65 Å². The van der Waals surface area contributed by atoms with Gasteiger partial charge in [0, 0.05) is 25.0 Å². The van der Waals surface area contributed by atoms with Gasteiger partial charge in [0.15, 0.2) is 0 Å². The van der Waals surface area contributed by atoms with E-state index in [0.29, 0.717) is 5.92 Å². The van der Waals surface area contributed by atoms with Gasteiger partial charge in [0.25, 0.3) is 0 Å². The van der Waals surface area contributed by atoms with Crippen LogP contribution in [0, 0.1) is 5.92 Å². The first-order valence-electron chi connectivity index (χ1n) is 4.26. The minimum atomic E-state index is 0.677. The molecule has 2 aromatic heterocycles. The summed E-state index contributed by atoms with van der Waals surface area (Å²) in [7, 11) is 0. The van der Waals surface area contributed by atoms with Crippen LogP contribution in [0.4, 0.5) is 0 Å². The number of imidazole rings is 1. The molecule has 0 saturated carbocycles. The normalized spacial score (nSPS) is 11.6. The zero-order valence-electron chi connectivity index (χ0n) is 7.44. The molecule has 12 heavy (non-hydrogen) atoms. The molecule has 3 nitrogen and oxygen atoms in total. The minimum absolute atomic E-state index is 0.677. The molecule has 2 heterocycles. The fourth-order valence-corrected chi connectivity index (χ4v) is 1.42. The largest absolute Gasteiger partial charge is 0.331 e. The number of hydrogen-bond donors (Lipinski definition) is 0. The van der Waals surface area contributed by atoms with Gasteiger partial charge in [-0.2, -0.15) is 5.10 Å². The molecule has 0 saturated heterocycles. The Morgan fingerprint density at radius 2 is 2.25 bits per heavy atom. The van der Waals surface area contributed by atoms with E-state index in [2.05, 4.69) is 29.7 Å². The quantitative estimate of drug-likeness (QED) is 0.661. The Labute approximate surface area is 71.6 Å². The molecule has 0 aliphatic heterocycles. The topological polar surface area (TPSA) is 22.2 Å². The molecule has 0 atom stereocenters. The highest BCUT2D eigenvalue weighted by Crippen LogP contribution is 2.06. The second kappa shape index (κ2) is 2.66. The highest BCUT2D eigenvalue weighted by Gasteiger charge is 2.01. The smallest absolute Gasteiger partial charge is 0.135 e. The molecular weight excluding hydrogens is 150 g/mol. The predicted octanol–water partition coefficient (Wildman–Crippen LogP) is 1.79. The summed E-state index contributed by atoms with van der Waals surface area (Å²) < 4.78 is 4.11. The number of hydrogen-bond acceptors (Lipinski definition) is 1. The van der Waals surface area contributed by atoms with E-state index in [1.165, 1.54) is 5.65 Å². The Morgan fingerprint density at radius 1 is 1.42 bits per heavy atom. The van der Waals surface area contributed by atoms with Crippen LogP contribution in [0.5, 0.6) is 0 Å². The van der Waals surface area contributed by atoms with Gasteiger partial charge in [0.05, 0.1) is 6.20 Å². The van der Waals surface area contributed by atoms with Crippen LogP contribution in [0.2, 0.25) is 0 Å². The first-order valence-corrected chi connectivity index (χ1v) is 4.26. The fourth-order valence-electron chi connectivity index (χ4n) is 1.42. The molecular formula is C9H13N3. The monoisotopic (exact) mass is 163 g/mol. The van der Waals surface area contributed by atoms with Crippen LogP contribution in [0.3, 0.4) is 0 Å². The zero-order chi connectivity index (χ0) is 8.55. The molecule has 0 aliphatic carbocycles. The van der Waals surface area contributed by atoms with Crippen molar-refractivity contribution in [3.8, 4) is 0 Å². The van der Waals surface area contributed by atoms with Gasteiger partial charge in [-0.05, 0) is 5.92 Å². The van der Waals surface area contributed by atoms with Crippen molar-refractivity contribution < 1.29 is 0 Å². The number of rotatable bonds is 2. The van der Waals surface area contributed by atoms with Crippen LogP contribution in [-0.4, -0.2) is 14.2 Å². The minimum Gasteiger partial charge on any atom is -0.331 e. The van der Waals surface area contributed by atoms with E-state index in [0.717, 1.165) is 6.54 Å². The third-order valence-electron chi connectivity index (χ3n) is 1.89. The molecule has 64 valence electrons. The molecule has 0 radical (unpaired) electrons. The van der Waals surface area contributed by atoms with Crippen LogP contribution >= 0.6 is 0 Å². The maximum absolute atomic E-state index is 4.14. The highest BCUT2D eigenvalue weighted by molar-refractivity contribution is 5.37. The second-order valence-electron chi connectivity index (χ2n) is 3.48. The molecule has 3 heteroatoms. The first-order chi connectivity index (χ1) is 5.77. The third kappa shape index (κ3) is 1.11. The summed E-state index contributed by atoms with van der Waals surface area (Å²) in [6.07, 6.45) is 5.88. The number of fused-ring (bicyclic) bond motifs is 1. The Morgan fingerprint density at radius 3 is 3.00 bits per heavy atom. The zero-order valence-corrected chi connectivity index (χ0v) is 7.44. The van der Waals surface area contributed by atoms with Crippen molar-refractivity contribution in [3.63, 3.8) is 0 Å². The molecule has 0 amide bonds. The van der Waals surface area contributed by atoms with Crippen molar-refractivity contribution in [2.45, 2.75) is 20.4 Å². The van der Waals surface area contributed by atoms with Gasteiger partial charge in [-0.3, -0.25) is 0 Å². The summed E-state index contributed by atoms with van der Waals surface area (Å²) in [5.41, 5.74) is 1.17. The molecule has 0 bridgehead atoms. The van der Waals surface area contributed by atoms with E-state index in [4.69, 9.17) is 0 Å². The lowest BCUT2D eigenvalue weighted by molar-refractivity contribution is 0.533. The van der Waals surface area contributed by atoms with Gasteiger partial charge in [-0.15, -0.1) is 0 Å². The van der Waals surface area contributed by atoms with E-state index < -0.39 is 0 Å². The molecule has 2 aromatic rings. The maximum Gasteiger partial charge on any atom is 0.135 e. The molecule has 0 aromatic carbocycles. The average Bonchev–Trinajstić information content (AvgIpc) is 2.52. The van der Waals surface area contributed by atoms with Crippen molar-refractivity contribution in [2.75, 3.05) is 0 Å². The summed E-state index contributed by atoms with van der Waals surface area (Å²) in [5, 5.41) is 4.14. The Kier molecular flexibility index (Phi) is 1.64. The average molecular weight is 163 g/mol. The standard InChI is InChI=1S/C9H13N3/c1-8(2)7-11-5-6-12-9(11)3-4-10-12/h3-6,8H,7H2,1-2H3. The van der Waals surface area contributed by atoms with E-state index in [1.807, 2.05) is 23.0 Å². The number of nitrogens with zero attached hydrogens (tertiary/aromatic N) is 3. The van der Waals surface area contributed by atoms with Gasteiger partial charge < -0.3 is 4.57 Å². The number of aromatic nitrogens is 3. The van der Waals surface area contributed by atoms with Gasteiger partial charge in [0.1, 0.15) is 5.65 Å². The highest BCUT2D eigenvalue weighted by atomic mass is 15.3. The SMILES string of the molecule is CC(C)Cn1ccn2nccc12. The third-order valence-corrected chi connectivity index (χ3v) is 1.89.